The molecule has 0 saturated carbocycles. The summed E-state index contributed by atoms with van der Waals surface area (Å²) in [5.74, 6) is 0. The van der Waals surface area contributed by atoms with Gasteiger partial charge in [0.15, 0.2) is 0 Å². The summed E-state index contributed by atoms with van der Waals surface area (Å²) in [7, 11) is 0. The molecule has 2 aromatic rings. The highest BCUT2D eigenvalue weighted by molar-refractivity contribution is 5.81. The van der Waals surface area contributed by atoms with Crippen LogP contribution in [0, 0.1) is 0 Å². The molecule has 0 amide bonds. The molecule has 0 aliphatic rings. The van der Waals surface area contributed by atoms with Crippen LogP contribution in [-0.2, 0) is 6.42 Å². The third kappa shape index (κ3) is 3.48. The van der Waals surface area contributed by atoms with Gasteiger partial charge in [0.05, 0.1) is 0 Å². The van der Waals surface area contributed by atoms with Crippen LogP contribution >= 0.6 is 0 Å². The number of rotatable bonds is 5. The minimum absolute atomic E-state index is 1.12. The highest BCUT2D eigenvalue weighted by Crippen LogP contribution is 2.22. The minimum atomic E-state index is 1.12. The molecule has 0 radical (unpaired) electrons. The van der Waals surface area contributed by atoms with Crippen molar-refractivity contribution >= 4 is 17.7 Å². The first-order valence-electron chi connectivity index (χ1n) is 7.23. The summed E-state index contributed by atoms with van der Waals surface area (Å²) in [6, 6.07) is 17.1. The van der Waals surface area contributed by atoms with Crippen LogP contribution in [0.1, 0.15) is 42.5 Å². The Morgan fingerprint density at radius 2 is 1.85 bits per heavy atom. The SMILES string of the molecule is C=Cc1ccc(CCC)c(C=C(C)c2ccccc2)c1. The van der Waals surface area contributed by atoms with Crippen LogP contribution in [0.3, 0.4) is 0 Å². The largest absolute Gasteiger partial charge is 0.0985 e. The first-order valence-corrected chi connectivity index (χ1v) is 7.23. The fourth-order valence-electron chi connectivity index (χ4n) is 2.39. The molecule has 0 saturated heterocycles. The van der Waals surface area contributed by atoms with Crippen molar-refractivity contribution in [1.82, 2.24) is 0 Å². The first kappa shape index (κ1) is 14.3. The Labute approximate surface area is 122 Å². The summed E-state index contributed by atoms with van der Waals surface area (Å²) in [4.78, 5) is 0. The van der Waals surface area contributed by atoms with Crippen LogP contribution < -0.4 is 0 Å². The van der Waals surface area contributed by atoms with Gasteiger partial charge in [-0.3, -0.25) is 0 Å². The summed E-state index contributed by atoms with van der Waals surface area (Å²) >= 11 is 0. The van der Waals surface area contributed by atoms with Gasteiger partial charge >= 0.3 is 0 Å². The molecule has 0 unspecified atom stereocenters. The molecule has 0 heteroatoms. The maximum atomic E-state index is 3.86. The number of benzene rings is 2. The van der Waals surface area contributed by atoms with Gasteiger partial charge in [0.25, 0.3) is 0 Å². The normalized spacial score (nSPS) is 11.4. The lowest BCUT2D eigenvalue weighted by atomic mass is 9.97. The van der Waals surface area contributed by atoms with Crippen molar-refractivity contribution in [2.45, 2.75) is 26.7 Å². The van der Waals surface area contributed by atoms with E-state index in [0.717, 1.165) is 6.42 Å². The van der Waals surface area contributed by atoms with Crippen molar-refractivity contribution < 1.29 is 0 Å². The maximum Gasteiger partial charge on any atom is -0.0216 e. The molecule has 2 rings (SSSR count). The van der Waals surface area contributed by atoms with Crippen molar-refractivity contribution in [2.75, 3.05) is 0 Å². The second-order valence-electron chi connectivity index (χ2n) is 5.11. The van der Waals surface area contributed by atoms with Crippen molar-refractivity contribution in [3.63, 3.8) is 0 Å². The molecule has 0 aromatic heterocycles. The average molecular weight is 262 g/mol. The molecule has 0 spiro atoms. The Bertz CT molecular complexity index is 603. The third-order valence-electron chi connectivity index (χ3n) is 3.53. The molecule has 20 heavy (non-hydrogen) atoms. The van der Waals surface area contributed by atoms with Crippen LogP contribution in [0.2, 0.25) is 0 Å². The number of aryl methyl sites for hydroxylation is 1. The Morgan fingerprint density at radius 3 is 2.50 bits per heavy atom. The van der Waals surface area contributed by atoms with Crippen LogP contribution in [-0.4, -0.2) is 0 Å². The standard InChI is InChI=1S/C20H22/c1-4-9-19-13-12-17(5-2)15-20(19)14-16(3)18-10-7-6-8-11-18/h5-8,10-15H,2,4,9H2,1,3H3. The van der Waals surface area contributed by atoms with E-state index in [1.165, 1.54) is 34.2 Å². The van der Waals surface area contributed by atoms with Gasteiger partial charge in [0.2, 0.25) is 0 Å². The smallest absolute Gasteiger partial charge is 0.0216 e. The van der Waals surface area contributed by atoms with E-state index in [4.69, 9.17) is 0 Å². The lowest BCUT2D eigenvalue weighted by molar-refractivity contribution is 0.919. The minimum Gasteiger partial charge on any atom is -0.0985 e. The zero-order chi connectivity index (χ0) is 14.4. The highest BCUT2D eigenvalue weighted by Gasteiger charge is 2.02. The van der Waals surface area contributed by atoms with E-state index in [2.05, 4.69) is 75.0 Å². The van der Waals surface area contributed by atoms with Crippen LogP contribution in [0.25, 0.3) is 17.7 Å². The maximum absolute atomic E-state index is 3.86. The van der Waals surface area contributed by atoms with Gasteiger partial charge in [-0.15, -0.1) is 0 Å². The zero-order valence-corrected chi connectivity index (χ0v) is 12.4. The van der Waals surface area contributed by atoms with E-state index >= 15 is 0 Å². The molecule has 102 valence electrons. The molecular formula is C20H22. The van der Waals surface area contributed by atoms with Crippen LogP contribution in [0.5, 0.6) is 0 Å². The van der Waals surface area contributed by atoms with Crippen molar-refractivity contribution in [3.05, 3.63) is 77.4 Å². The van der Waals surface area contributed by atoms with Crippen LogP contribution in [0.4, 0.5) is 0 Å². The summed E-state index contributed by atoms with van der Waals surface area (Å²) in [6.45, 7) is 8.26. The van der Waals surface area contributed by atoms with Gasteiger partial charge in [-0.1, -0.05) is 74.5 Å². The predicted molar refractivity (Wildman–Crippen MR) is 90.5 cm³/mol. The van der Waals surface area contributed by atoms with Gasteiger partial charge < -0.3 is 0 Å². The Balaban J connectivity index is 2.42. The van der Waals surface area contributed by atoms with Crippen molar-refractivity contribution in [2.24, 2.45) is 0 Å². The number of hydrogen-bond acceptors (Lipinski definition) is 0. The Kier molecular flexibility index (Phi) is 4.95. The molecule has 2 aromatic carbocycles. The zero-order valence-electron chi connectivity index (χ0n) is 12.4. The summed E-state index contributed by atoms with van der Waals surface area (Å²) in [5.41, 5.74) is 6.47. The van der Waals surface area contributed by atoms with E-state index in [-0.39, 0.29) is 0 Å². The lowest BCUT2D eigenvalue weighted by Gasteiger charge is -2.08. The molecule has 0 aliphatic heterocycles. The van der Waals surface area contributed by atoms with E-state index in [1.807, 2.05) is 6.08 Å². The van der Waals surface area contributed by atoms with E-state index in [1.54, 1.807) is 0 Å². The number of allylic oxidation sites excluding steroid dienone is 1. The second kappa shape index (κ2) is 6.91. The molecule has 0 N–H and O–H groups in total. The molecule has 0 bridgehead atoms. The summed E-state index contributed by atoms with van der Waals surface area (Å²) in [5, 5.41) is 0. The molecule has 0 atom stereocenters. The fraction of sp³-hybridized carbons (Fsp3) is 0.200. The Hall–Kier alpha value is -2.08. The quantitative estimate of drug-likeness (QED) is 0.593. The number of hydrogen-bond donors (Lipinski definition) is 0. The summed E-state index contributed by atoms with van der Waals surface area (Å²) < 4.78 is 0. The van der Waals surface area contributed by atoms with Gasteiger partial charge in [-0.25, -0.2) is 0 Å². The second-order valence-corrected chi connectivity index (χ2v) is 5.11. The van der Waals surface area contributed by atoms with Crippen molar-refractivity contribution in [3.8, 4) is 0 Å². The Morgan fingerprint density at radius 1 is 1.10 bits per heavy atom. The average Bonchev–Trinajstić information content (AvgIpc) is 2.50. The van der Waals surface area contributed by atoms with E-state index < -0.39 is 0 Å². The van der Waals surface area contributed by atoms with Gasteiger partial charge in [0.1, 0.15) is 0 Å². The van der Waals surface area contributed by atoms with E-state index in [0.29, 0.717) is 0 Å². The predicted octanol–water partition coefficient (Wildman–Crippen LogP) is 5.84. The molecular weight excluding hydrogens is 240 g/mol. The molecule has 0 nitrogen and oxygen atoms in total. The monoisotopic (exact) mass is 262 g/mol. The lowest BCUT2D eigenvalue weighted by Crippen LogP contribution is -1.90. The molecule has 0 aliphatic carbocycles. The summed E-state index contributed by atoms with van der Waals surface area (Å²) in [6.07, 6.45) is 6.47. The fourth-order valence-corrected chi connectivity index (χ4v) is 2.39. The van der Waals surface area contributed by atoms with Gasteiger partial charge in [-0.2, -0.15) is 0 Å². The molecule has 0 heterocycles. The van der Waals surface area contributed by atoms with Crippen molar-refractivity contribution in [1.29, 1.82) is 0 Å². The first-order chi connectivity index (χ1) is 9.74. The van der Waals surface area contributed by atoms with Gasteiger partial charge in [0, 0.05) is 0 Å². The topological polar surface area (TPSA) is 0 Å². The molecule has 0 fully saturated rings. The van der Waals surface area contributed by atoms with Gasteiger partial charge in [-0.05, 0) is 47.2 Å². The van der Waals surface area contributed by atoms with E-state index in [9.17, 15) is 0 Å². The third-order valence-corrected chi connectivity index (χ3v) is 3.53. The highest BCUT2D eigenvalue weighted by atomic mass is 14.1. The van der Waals surface area contributed by atoms with Crippen LogP contribution in [0.15, 0.2) is 55.1 Å².